The van der Waals surface area contributed by atoms with Crippen molar-refractivity contribution in [1.29, 1.82) is 0 Å². The second-order valence-electron chi connectivity index (χ2n) is 9.93. The first-order valence-electron chi connectivity index (χ1n) is 13.1. The predicted molar refractivity (Wildman–Crippen MR) is 163 cm³/mol. The van der Waals surface area contributed by atoms with Gasteiger partial charge in [0.1, 0.15) is 11.8 Å². The molecule has 0 heterocycles. The zero-order valence-electron chi connectivity index (χ0n) is 22.7. The minimum absolute atomic E-state index is 0.0376. The molecule has 0 spiro atoms. The highest BCUT2D eigenvalue weighted by atomic mass is 79.9. The fourth-order valence-electron chi connectivity index (χ4n) is 4.05. The molecule has 5 nitrogen and oxygen atoms in total. The van der Waals surface area contributed by atoms with Gasteiger partial charge in [-0.3, -0.25) is 9.59 Å². The summed E-state index contributed by atoms with van der Waals surface area (Å²) in [5.41, 5.74) is 2.86. The molecule has 3 aromatic carbocycles. The van der Waals surface area contributed by atoms with E-state index in [2.05, 4.69) is 35.1 Å². The molecule has 208 valence electrons. The molecule has 1 N–H and O–H groups in total. The third-order valence-electron chi connectivity index (χ3n) is 6.58. The maximum absolute atomic E-state index is 13.8. The van der Waals surface area contributed by atoms with Crippen molar-refractivity contribution in [3.63, 3.8) is 0 Å². The Balaban J connectivity index is 1.94. The summed E-state index contributed by atoms with van der Waals surface area (Å²) in [5.74, 6) is 0.387. The van der Waals surface area contributed by atoms with Crippen molar-refractivity contribution < 1.29 is 14.3 Å². The molecule has 3 rings (SSSR count). The van der Waals surface area contributed by atoms with Crippen LogP contribution in [0.5, 0.6) is 5.75 Å². The van der Waals surface area contributed by atoms with E-state index < -0.39 is 6.04 Å². The van der Waals surface area contributed by atoms with Gasteiger partial charge in [0, 0.05) is 19.0 Å². The Labute approximate surface area is 250 Å². The number of nitrogens with one attached hydrogen (secondary N) is 1. The molecule has 0 saturated heterocycles. The van der Waals surface area contributed by atoms with Gasteiger partial charge in [0.2, 0.25) is 5.91 Å². The van der Waals surface area contributed by atoms with Gasteiger partial charge in [-0.05, 0) is 76.1 Å². The number of amides is 2. The summed E-state index contributed by atoms with van der Waals surface area (Å²) >= 11 is 16.0. The molecule has 0 aliphatic rings. The monoisotopic (exact) mass is 632 g/mol. The second-order valence-corrected chi connectivity index (χ2v) is 11.6. The Morgan fingerprint density at radius 2 is 1.67 bits per heavy atom. The van der Waals surface area contributed by atoms with Crippen molar-refractivity contribution in [2.75, 3.05) is 6.61 Å². The van der Waals surface area contributed by atoms with Gasteiger partial charge < -0.3 is 15.0 Å². The highest BCUT2D eigenvalue weighted by Gasteiger charge is 2.31. The molecule has 0 fully saturated rings. The lowest BCUT2D eigenvalue weighted by atomic mass is 10.0. The van der Waals surface area contributed by atoms with Crippen molar-refractivity contribution in [2.24, 2.45) is 0 Å². The summed E-state index contributed by atoms with van der Waals surface area (Å²) in [4.78, 5) is 29.0. The van der Waals surface area contributed by atoms with Crippen LogP contribution in [0.4, 0.5) is 0 Å². The van der Waals surface area contributed by atoms with E-state index in [4.69, 9.17) is 27.9 Å². The van der Waals surface area contributed by atoms with Crippen molar-refractivity contribution in [1.82, 2.24) is 10.2 Å². The molecule has 8 heteroatoms. The molecule has 0 aliphatic carbocycles. The molecule has 39 heavy (non-hydrogen) atoms. The van der Waals surface area contributed by atoms with Gasteiger partial charge in [0.25, 0.3) is 5.91 Å². The quantitative estimate of drug-likeness (QED) is 0.221. The molecular weight excluding hydrogens is 599 g/mol. The fourth-order valence-corrected chi connectivity index (χ4v) is 4.88. The van der Waals surface area contributed by atoms with E-state index in [-0.39, 0.29) is 31.0 Å². The first-order chi connectivity index (χ1) is 18.6. The second kappa shape index (κ2) is 14.7. The summed E-state index contributed by atoms with van der Waals surface area (Å²) in [7, 11) is 0. The molecule has 0 radical (unpaired) electrons. The smallest absolute Gasteiger partial charge is 0.261 e. The Hall–Kier alpha value is -2.54. The molecule has 3 aromatic rings. The first kappa shape index (κ1) is 31.0. The number of rotatable bonds is 12. The SMILES string of the molecule is CC[C@@H](C)NC(=O)[C@H](Cc1ccccc1)N(Cc1ccc(Cl)c(Cl)c1)C(=O)COc1ccc(C(C)C)cc1Br. The Kier molecular flexibility index (Phi) is 11.7. The van der Waals surface area contributed by atoms with Gasteiger partial charge >= 0.3 is 0 Å². The lowest BCUT2D eigenvalue weighted by molar-refractivity contribution is -0.143. The summed E-state index contributed by atoms with van der Waals surface area (Å²) in [5, 5.41) is 3.87. The molecular formula is C31H35BrCl2N2O3. The number of nitrogens with zero attached hydrogens (tertiary/aromatic N) is 1. The summed E-state index contributed by atoms with van der Waals surface area (Å²) in [6.45, 7) is 8.12. The van der Waals surface area contributed by atoms with Gasteiger partial charge in [0.05, 0.1) is 14.5 Å². The molecule has 0 saturated carbocycles. The number of hydrogen-bond acceptors (Lipinski definition) is 3. The van der Waals surface area contributed by atoms with Gasteiger partial charge in [-0.2, -0.15) is 0 Å². The zero-order valence-corrected chi connectivity index (χ0v) is 25.8. The van der Waals surface area contributed by atoms with Gasteiger partial charge in [-0.15, -0.1) is 0 Å². The van der Waals surface area contributed by atoms with Crippen LogP contribution in [0.15, 0.2) is 71.2 Å². The standard InChI is InChI=1S/C31H35BrCl2N2O3/c1-5-21(4)35-31(38)28(16-22-9-7-6-8-10-22)36(18-23-11-13-26(33)27(34)15-23)30(37)19-39-29-14-12-24(20(2)3)17-25(29)32/h6-15,17,20-21,28H,5,16,18-19H2,1-4H3,(H,35,38)/t21-,28+/m1/s1. The Bertz CT molecular complexity index is 1270. The summed E-state index contributed by atoms with van der Waals surface area (Å²) in [6, 6.07) is 19.9. The minimum Gasteiger partial charge on any atom is -0.483 e. The lowest BCUT2D eigenvalue weighted by Crippen LogP contribution is -2.53. The van der Waals surface area contributed by atoms with Crippen molar-refractivity contribution >= 4 is 50.9 Å². The van der Waals surface area contributed by atoms with Crippen LogP contribution < -0.4 is 10.1 Å². The molecule has 0 bridgehead atoms. The van der Waals surface area contributed by atoms with Crippen molar-refractivity contribution in [2.45, 2.75) is 65.1 Å². The molecule has 0 unspecified atom stereocenters. The van der Waals surface area contributed by atoms with Crippen LogP contribution in [0.25, 0.3) is 0 Å². The summed E-state index contributed by atoms with van der Waals surface area (Å²) in [6.07, 6.45) is 1.12. The van der Waals surface area contributed by atoms with E-state index >= 15 is 0 Å². The van der Waals surface area contributed by atoms with Crippen LogP contribution in [0.2, 0.25) is 10.0 Å². The summed E-state index contributed by atoms with van der Waals surface area (Å²) < 4.78 is 6.73. The van der Waals surface area contributed by atoms with E-state index in [1.807, 2.05) is 68.4 Å². The highest BCUT2D eigenvalue weighted by molar-refractivity contribution is 9.10. The molecule has 2 amide bonds. The highest BCUT2D eigenvalue weighted by Crippen LogP contribution is 2.29. The molecule has 0 aromatic heterocycles. The normalized spacial score (nSPS) is 12.6. The van der Waals surface area contributed by atoms with Crippen LogP contribution in [0.1, 0.15) is 56.7 Å². The number of halogens is 3. The van der Waals surface area contributed by atoms with Crippen LogP contribution >= 0.6 is 39.1 Å². The third kappa shape index (κ3) is 8.99. The van der Waals surface area contributed by atoms with E-state index in [0.717, 1.165) is 27.6 Å². The topological polar surface area (TPSA) is 58.6 Å². The Morgan fingerprint density at radius 1 is 0.949 bits per heavy atom. The molecule has 0 aliphatic heterocycles. The maximum atomic E-state index is 13.8. The largest absolute Gasteiger partial charge is 0.483 e. The molecule has 2 atom stereocenters. The maximum Gasteiger partial charge on any atom is 0.261 e. The van der Waals surface area contributed by atoms with Crippen LogP contribution in [0, 0.1) is 0 Å². The fraction of sp³-hybridized carbons (Fsp3) is 0.355. The van der Waals surface area contributed by atoms with Crippen LogP contribution in [-0.4, -0.2) is 35.4 Å². The average Bonchev–Trinajstić information content (AvgIpc) is 2.92. The van der Waals surface area contributed by atoms with Crippen molar-refractivity contribution in [3.05, 3.63) is 97.9 Å². The number of benzene rings is 3. The zero-order chi connectivity index (χ0) is 28.5. The van der Waals surface area contributed by atoms with E-state index in [0.29, 0.717) is 28.1 Å². The number of carbonyl (C=O) groups excluding carboxylic acids is 2. The Morgan fingerprint density at radius 3 is 2.28 bits per heavy atom. The van der Waals surface area contributed by atoms with Crippen molar-refractivity contribution in [3.8, 4) is 5.75 Å². The minimum atomic E-state index is -0.765. The first-order valence-corrected chi connectivity index (χ1v) is 14.6. The number of ether oxygens (including phenoxy) is 1. The lowest BCUT2D eigenvalue weighted by Gasteiger charge is -2.32. The van der Waals surface area contributed by atoms with Crippen LogP contribution in [0.3, 0.4) is 0 Å². The van der Waals surface area contributed by atoms with Crippen LogP contribution in [-0.2, 0) is 22.6 Å². The van der Waals surface area contributed by atoms with Gasteiger partial charge in [0.15, 0.2) is 6.61 Å². The van der Waals surface area contributed by atoms with E-state index in [1.54, 1.807) is 17.0 Å². The van der Waals surface area contributed by atoms with Gasteiger partial charge in [-0.25, -0.2) is 0 Å². The third-order valence-corrected chi connectivity index (χ3v) is 7.94. The van der Waals surface area contributed by atoms with Gasteiger partial charge in [-0.1, -0.05) is 86.4 Å². The number of hydrogen-bond donors (Lipinski definition) is 1. The number of carbonyl (C=O) groups is 2. The van der Waals surface area contributed by atoms with E-state index in [1.165, 1.54) is 0 Å². The van der Waals surface area contributed by atoms with E-state index in [9.17, 15) is 9.59 Å². The predicted octanol–water partition coefficient (Wildman–Crippen LogP) is 7.81. The average molecular weight is 634 g/mol.